The van der Waals surface area contributed by atoms with E-state index in [1.54, 1.807) is 12.1 Å². The van der Waals surface area contributed by atoms with Crippen LogP contribution in [0.15, 0.2) is 22.7 Å². The van der Waals surface area contributed by atoms with Crippen molar-refractivity contribution in [3.05, 3.63) is 34.1 Å². The number of hydrogen-bond donors (Lipinski definition) is 1. The van der Waals surface area contributed by atoms with E-state index in [2.05, 4.69) is 42.0 Å². The van der Waals surface area contributed by atoms with Crippen LogP contribution in [-0.4, -0.2) is 6.04 Å². The summed E-state index contributed by atoms with van der Waals surface area (Å²) < 4.78 is 14.4. The number of halogens is 2. The Labute approximate surface area is 129 Å². The third-order valence-electron chi connectivity index (χ3n) is 5.77. The predicted octanol–water partition coefficient (Wildman–Crippen LogP) is 4.89. The van der Waals surface area contributed by atoms with Gasteiger partial charge in [-0.15, -0.1) is 0 Å². The zero-order valence-corrected chi connectivity index (χ0v) is 14.1. The lowest BCUT2D eigenvalue weighted by Gasteiger charge is -2.43. The summed E-state index contributed by atoms with van der Waals surface area (Å²) in [7, 11) is 0. The summed E-state index contributed by atoms with van der Waals surface area (Å²) in [5, 5.41) is 3.73. The maximum atomic E-state index is 13.4. The Morgan fingerprint density at radius 2 is 2.10 bits per heavy atom. The maximum Gasteiger partial charge on any atom is 0.123 e. The van der Waals surface area contributed by atoms with Gasteiger partial charge in [-0.25, -0.2) is 4.39 Å². The van der Waals surface area contributed by atoms with Crippen molar-refractivity contribution in [1.29, 1.82) is 0 Å². The highest BCUT2D eigenvalue weighted by Gasteiger charge is 2.58. The summed E-state index contributed by atoms with van der Waals surface area (Å²) >= 11 is 3.52. The van der Waals surface area contributed by atoms with Crippen LogP contribution in [-0.2, 0) is 6.54 Å². The molecule has 110 valence electrons. The van der Waals surface area contributed by atoms with Crippen molar-refractivity contribution in [2.75, 3.05) is 0 Å². The zero-order chi connectivity index (χ0) is 14.5. The van der Waals surface area contributed by atoms with Gasteiger partial charge in [0.15, 0.2) is 0 Å². The van der Waals surface area contributed by atoms with Gasteiger partial charge in [0.05, 0.1) is 0 Å². The van der Waals surface area contributed by atoms with E-state index in [0.717, 1.165) is 22.5 Å². The minimum atomic E-state index is -0.164. The van der Waals surface area contributed by atoms with Crippen LogP contribution < -0.4 is 5.32 Å². The van der Waals surface area contributed by atoms with Gasteiger partial charge in [0.1, 0.15) is 5.82 Å². The molecule has 0 aromatic heterocycles. The molecular formula is C17H23BrFN. The highest BCUT2D eigenvalue weighted by molar-refractivity contribution is 9.10. The molecule has 0 heterocycles. The minimum absolute atomic E-state index is 0.164. The minimum Gasteiger partial charge on any atom is -0.309 e. The molecule has 20 heavy (non-hydrogen) atoms. The van der Waals surface area contributed by atoms with E-state index in [0.29, 0.717) is 16.9 Å². The van der Waals surface area contributed by atoms with Crippen LogP contribution in [0.5, 0.6) is 0 Å². The lowest BCUT2D eigenvalue weighted by molar-refractivity contribution is 0.108. The average Bonchev–Trinajstić information content (AvgIpc) is 2.84. The quantitative estimate of drug-likeness (QED) is 0.826. The summed E-state index contributed by atoms with van der Waals surface area (Å²) in [6, 6.07) is 5.43. The van der Waals surface area contributed by atoms with E-state index in [9.17, 15) is 4.39 Å². The van der Waals surface area contributed by atoms with Crippen molar-refractivity contribution in [2.45, 2.75) is 52.6 Å². The first kappa shape index (κ1) is 14.5. The molecule has 2 aliphatic rings. The topological polar surface area (TPSA) is 12.0 Å². The van der Waals surface area contributed by atoms with Gasteiger partial charge in [0.2, 0.25) is 0 Å². The lowest BCUT2D eigenvalue weighted by Crippen LogP contribution is -2.49. The predicted molar refractivity (Wildman–Crippen MR) is 84.0 cm³/mol. The molecular weight excluding hydrogens is 317 g/mol. The van der Waals surface area contributed by atoms with Gasteiger partial charge in [-0.2, -0.15) is 0 Å². The first-order chi connectivity index (χ1) is 9.33. The van der Waals surface area contributed by atoms with Crippen LogP contribution in [0.2, 0.25) is 0 Å². The van der Waals surface area contributed by atoms with Crippen molar-refractivity contribution >= 4 is 15.9 Å². The van der Waals surface area contributed by atoms with Gasteiger partial charge in [-0.05, 0) is 59.8 Å². The maximum absolute atomic E-state index is 13.4. The fraction of sp³-hybridized carbons (Fsp3) is 0.647. The smallest absolute Gasteiger partial charge is 0.123 e. The largest absolute Gasteiger partial charge is 0.309 e. The summed E-state index contributed by atoms with van der Waals surface area (Å²) in [5.41, 5.74) is 1.76. The highest BCUT2D eigenvalue weighted by atomic mass is 79.9. The molecule has 1 N–H and O–H groups in total. The number of rotatable bonds is 3. The molecule has 1 unspecified atom stereocenters. The molecule has 2 saturated carbocycles. The van der Waals surface area contributed by atoms with Crippen molar-refractivity contribution < 1.29 is 4.39 Å². The van der Waals surface area contributed by atoms with Crippen molar-refractivity contribution in [2.24, 2.45) is 16.7 Å². The van der Waals surface area contributed by atoms with E-state index in [1.165, 1.54) is 25.3 Å². The standard InChI is InChI=1S/C17H23BrFN/c1-16(2)12-6-7-17(3,9-12)15(16)20-10-11-8-13(19)4-5-14(11)18/h4-5,8,12,15,20H,6-7,9-10H2,1-3H3/t12-,15?,17+/m0/s1. The zero-order valence-electron chi connectivity index (χ0n) is 12.5. The number of fused-ring (bicyclic) bond motifs is 2. The summed E-state index contributed by atoms with van der Waals surface area (Å²) in [6.45, 7) is 7.93. The summed E-state index contributed by atoms with van der Waals surface area (Å²) in [4.78, 5) is 0. The van der Waals surface area contributed by atoms with Crippen LogP contribution in [0.1, 0.15) is 45.6 Å². The van der Waals surface area contributed by atoms with Crippen LogP contribution in [0.3, 0.4) is 0 Å². The number of nitrogens with one attached hydrogen (secondary N) is 1. The summed E-state index contributed by atoms with van der Waals surface area (Å²) in [5.74, 6) is 0.671. The molecule has 0 amide bonds. The SMILES string of the molecule is CC1(C)C(NCc2cc(F)ccc2Br)[C@]2(C)CC[C@H]1C2. The van der Waals surface area contributed by atoms with Crippen LogP contribution in [0.4, 0.5) is 4.39 Å². The molecule has 1 nitrogen and oxygen atoms in total. The van der Waals surface area contributed by atoms with Gasteiger partial charge in [-0.3, -0.25) is 0 Å². The molecule has 0 saturated heterocycles. The lowest BCUT2D eigenvalue weighted by atomic mass is 9.68. The van der Waals surface area contributed by atoms with Crippen LogP contribution in [0.25, 0.3) is 0 Å². The normalized spacial score (nSPS) is 34.6. The molecule has 3 heteroatoms. The second-order valence-corrected chi connectivity index (χ2v) is 8.32. The van der Waals surface area contributed by atoms with Crippen molar-refractivity contribution in [1.82, 2.24) is 5.32 Å². The highest BCUT2D eigenvalue weighted by Crippen LogP contribution is 2.62. The van der Waals surface area contributed by atoms with Gasteiger partial charge >= 0.3 is 0 Å². The van der Waals surface area contributed by atoms with E-state index in [1.807, 2.05) is 0 Å². The second-order valence-electron chi connectivity index (χ2n) is 7.46. The Morgan fingerprint density at radius 3 is 2.75 bits per heavy atom. The van der Waals surface area contributed by atoms with Crippen LogP contribution >= 0.6 is 15.9 Å². The fourth-order valence-electron chi connectivity index (χ4n) is 4.70. The molecule has 0 aliphatic heterocycles. The second kappa shape index (κ2) is 4.81. The number of benzene rings is 1. The molecule has 2 fully saturated rings. The molecule has 2 bridgehead atoms. The molecule has 0 radical (unpaired) electrons. The molecule has 3 atom stereocenters. The van der Waals surface area contributed by atoms with Gasteiger partial charge in [0, 0.05) is 17.1 Å². The summed E-state index contributed by atoms with van der Waals surface area (Å²) in [6.07, 6.45) is 4.02. The van der Waals surface area contributed by atoms with Gasteiger partial charge < -0.3 is 5.32 Å². The first-order valence-corrected chi connectivity index (χ1v) is 8.29. The Hall–Kier alpha value is -0.410. The Morgan fingerprint density at radius 1 is 1.35 bits per heavy atom. The fourth-order valence-corrected chi connectivity index (χ4v) is 5.09. The average molecular weight is 340 g/mol. The van der Waals surface area contributed by atoms with Crippen molar-refractivity contribution in [3.63, 3.8) is 0 Å². The third kappa shape index (κ3) is 2.23. The molecule has 1 aromatic carbocycles. The molecule has 2 aliphatic carbocycles. The first-order valence-electron chi connectivity index (χ1n) is 7.50. The van der Waals surface area contributed by atoms with Crippen molar-refractivity contribution in [3.8, 4) is 0 Å². The molecule has 1 aromatic rings. The molecule has 0 spiro atoms. The van der Waals surface area contributed by atoms with Crippen LogP contribution in [0, 0.1) is 22.6 Å². The monoisotopic (exact) mass is 339 g/mol. The Kier molecular flexibility index (Phi) is 3.49. The van der Waals surface area contributed by atoms with E-state index in [4.69, 9.17) is 0 Å². The van der Waals surface area contributed by atoms with E-state index in [-0.39, 0.29) is 5.82 Å². The Bertz CT molecular complexity index is 523. The van der Waals surface area contributed by atoms with Gasteiger partial charge in [-0.1, -0.05) is 36.7 Å². The van der Waals surface area contributed by atoms with E-state index < -0.39 is 0 Å². The third-order valence-corrected chi connectivity index (χ3v) is 6.55. The van der Waals surface area contributed by atoms with Gasteiger partial charge in [0.25, 0.3) is 0 Å². The molecule has 3 rings (SSSR count). The van der Waals surface area contributed by atoms with E-state index >= 15 is 0 Å². The number of hydrogen-bond acceptors (Lipinski definition) is 1. The Balaban J connectivity index is 1.77.